The van der Waals surface area contributed by atoms with Gasteiger partial charge in [-0.15, -0.1) is 0 Å². The fraction of sp³-hybridized carbons (Fsp3) is 0.462. The lowest BCUT2D eigenvalue weighted by molar-refractivity contribution is 0.106. The van der Waals surface area contributed by atoms with Crippen molar-refractivity contribution < 1.29 is 22.5 Å². The lowest BCUT2D eigenvalue weighted by Gasteiger charge is -2.27. The molecule has 1 fully saturated rings. The minimum Gasteiger partial charge on any atom is -0.465 e. The number of carbonyl (C=O) groups is 1. The highest BCUT2D eigenvalue weighted by Crippen LogP contribution is 2.36. The summed E-state index contributed by atoms with van der Waals surface area (Å²) in [4.78, 5) is 12.8. The molecule has 1 aromatic carbocycles. The fourth-order valence-electron chi connectivity index (χ4n) is 2.55. The van der Waals surface area contributed by atoms with Crippen molar-refractivity contribution in [1.29, 1.82) is 0 Å². The molecule has 1 amide bonds. The Hall–Kier alpha value is -1.12. The molecule has 0 bridgehead atoms. The monoisotopic (exact) mass is 377 g/mol. The molecule has 8 heteroatoms. The van der Waals surface area contributed by atoms with Crippen LogP contribution in [0, 0.1) is 0 Å². The van der Waals surface area contributed by atoms with Crippen molar-refractivity contribution in [2.24, 2.45) is 0 Å². The lowest BCUT2D eigenvalue weighted by atomic mass is 10.1. The van der Waals surface area contributed by atoms with Crippen LogP contribution in [0.25, 0.3) is 0 Å². The largest absolute Gasteiger partial charge is 0.465 e. The van der Waals surface area contributed by atoms with Crippen molar-refractivity contribution in [3.8, 4) is 0 Å². The van der Waals surface area contributed by atoms with Crippen LogP contribution >= 0.6 is 15.9 Å². The third-order valence-electron chi connectivity index (χ3n) is 3.45. The first kappa shape index (κ1) is 16.3. The molecule has 1 aromatic rings. The molecule has 0 radical (unpaired) electrons. The zero-order chi connectivity index (χ0) is 15.6. The van der Waals surface area contributed by atoms with Crippen LogP contribution in [0.5, 0.6) is 0 Å². The second-order valence-corrected chi connectivity index (χ2v) is 7.54. The molecule has 1 aliphatic rings. The summed E-state index contributed by atoms with van der Waals surface area (Å²) in [6.07, 6.45) is 1.11. The molecule has 0 aromatic heterocycles. The molecule has 0 saturated carbocycles. The predicted molar refractivity (Wildman–Crippen MR) is 80.6 cm³/mol. The Morgan fingerprint density at radius 1 is 1.38 bits per heavy atom. The van der Waals surface area contributed by atoms with E-state index in [1.165, 1.54) is 4.90 Å². The van der Waals surface area contributed by atoms with E-state index >= 15 is 0 Å². The molecule has 1 heterocycles. The van der Waals surface area contributed by atoms with Crippen molar-refractivity contribution in [3.05, 3.63) is 34.3 Å². The van der Waals surface area contributed by atoms with Gasteiger partial charge in [-0.25, -0.2) is 4.79 Å². The van der Waals surface area contributed by atoms with Gasteiger partial charge in [0.1, 0.15) is 0 Å². The van der Waals surface area contributed by atoms with Gasteiger partial charge in [0, 0.05) is 4.47 Å². The van der Waals surface area contributed by atoms with Gasteiger partial charge in [0.25, 0.3) is 10.1 Å². The van der Waals surface area contributed by atoms with E-state index < -0.39 is 22.3 Å². The van der Waals surface area contributed by atoms with Gasteiger partial charge in [-0.3, -0.25) is 9.08 Å². The molecule has 2 rings (SSSR count). The Morgan fingerprint density at radius 2 is 2.00 bits per heavy atom. The van der Waals surface area contributed by atoms with Gasteiger partial charge in [0.2, 0.25) is 0 Å². The average molecular weight is 378 g/mol. The van der Waals surface area contributed by atoms with Gasteiger partial charge in [-0.2, -0.15) is 8.42 Å². The Bertz CT molecular complexity index is 616. The van der Waals surface area contributed by atoms with E-state index in [2.05, 4.69) is 15.9 Å². The number of benzene rings is 1. The molecule has 1 saturated heterocycles. The summed E-state index contributed by atoms with van der Waals surface area (Å²) in [5.41, 5.74) is 0.891. The lowest BCUT2D eigenvalue weighted by Crippen LogP contribution is -2.39. The first-order valence-corrected chi connectivity index (χ1v) is 9.00. The van der Waals surface area contributed by atoms with E-state index in [0.717, 1.165) is 16.3 Å². The number of halogens is 1. The Labute approximate surface area is 132 Å². The van der Waals surface area contributed by atoms with Gasteiger partial charge < -0.3 is 5.11 Å². The van der Waals surface area contributed by atoms with Crippen LogP contribution in [-0.4, -0.2) is 43.4 Å². The normalized spacial score (nSPS) is 22.5. The van der Waals surface area contributed by atoms with Crippen molar-refractivity contribution in [2.75, 3.05) is 12.9 Å². The molecule has 0 spiro atoms. The van der Waals surface area contributed by atoms with E-state index in [-0.39, 0.29) is 12.6 Å². The van der Waals surface area contributed by atoms with Crippen LogP contribution in [0.4, 0.5) is 4.79 Å². The maximum Gasteiger partial charge on any atom is 0.408 e. The second-order valence-electron chi connectivity index (χ2n) is 4.98. The summed E-state index contributed by atoms with van der Waals surface area (Å²) in [6, 6.07) is 6.72. The minimum absolute atomic E-state index is 0.141. The van der Waals surface area contributed by atoms with Crippen molar-refractivity contribution in [2.45, 2.75) is 24.9 Å². The third kappa shape index (κ3) is 4.18. The smallest absolute Gasteiger partial charge is 0.408 e. The van der Waals surface area contributed by atoms with Crippen LogP contribution in [0.15, 0.2) is 28.7 Å². The molecule has 2 atom stereocenters. The summed E-state index contributed by atoms with van der Waals surface area (Å²) in [6.45, 7) is -0.141. The van der Waals surface area contributed by atoms with Gasteiger partial charge >= 0.3 is 6.09 Å². The van der Waals surface area contributed by atoms with Gasteiger partial charge in [-0.05, 0) is 30.5 Å². The van der Waals surface area contributed by atoms with Crippen LogP contribution in [-0.2, 0) is 14.3 Å². The van der Waals surface area contributed by atoms with Gasteiger partial charge in [0.05, 0.1) is 24.9 Å². The number of rotatable bonds is 4. The molecule has 1 aliphatic heterocycles. The molecule has 116 valence electrons. The van der Waals surface area contributed by atoms with Crippen LogP contribution in [0.2, 0.25) is 0 Å². The number of carboxylic acid groups (broad SMARTS) is 1. The average Bonchev–Trinajstić information content (AvgIpc) is 2.80. The summed E-state index contributed by atoms with van der Waals surface area (Å²) in [5, 5.41) is 9.41. The second kappa shape index (κ2) is 6.33. The number of amides is 1. The van der Waals surface area contributed by atoms with E-state index in [1.54, 1.807) is 0 Å². The topological polar surface area (TPSA) is 83.9 Å². The highest BCUT2D eigenvalue weighted by Gasteiger charge is 2.38. The summed E-state index contributed by atoms with van der Waals surface area (Å²) in [5.74, 6) is 0. The molecular formula is C13H16BrNO5S. The first-order chi connectivity index (χ1) is 9.78. The van der Waals surface area contributed by atoms with E-state index in [9.17, 15) is 18.3 Å². The predicted octanol–water partition coefficient (Wildman–Crippen LogP) is 2.61. The van der Waals surface area contributed by atoms with Crippen molar-refractivity contribution >= 4 is 32.1 Å². The molecule has 0 aliphatic carbocycles. The Kier molecular flexibility index (Phi) is 4.90. The van der Waals surface area contributed by atoms with E-state index in [4.69, 9.17) is 4.18 Å². The number of hydrogen-bond donors (Lipinski definition) is 1. The van der Waals surface area contributed by atoms with Crippen molar-refractivity contribution in [3.63, 3.8) is 0 Å². The third-order valence-corrected chi connectivity index (χ3v) is 4.55. The van der Waals surface area contributed by atoms with Crippen LogP contribution in [0.3, 0.4) is 0 Å². The summed E-state index contributed by atoms with van der Waals surface area (Å²) < 4.78 is 27.8. The van der Waals surface area contributed by atoms with Crippen LogP contribution in [0.1, 0.15) is 24.4 Å². The zero-order valence-electron chi connectivity index (χ0n) is 11.4. The van der Waals surface area contributed by atoms with E-state index in [0.29, 0.717) is 12.8 Å². The molecule has 6 nitrogen and oxygen atoms in total. The Morgan fingerprint density at radius 3 is 2.52 bits per heavy atom. The summed E-state index contributed by atoms with van der Waals surface area (Å²) >= 11 is 3.34. The maximum atomic E-state index is 11.5. The SMILES string of the molecule is CS(=O)(=O)OCC1CCC(c2ccc(Br)cc2)N1C(=O)O. The number of nitrogens with zero attached hydrogens (tertiary/aromatic N) is 1. The fourth-order valence-corrected chi connectivity index (χ4v) is 3.22. The minimum atomic E-state index is -3.57. The molecular weight excluding hydrogens is 362 g/mol. The number of likely N-dealkylation sites (tertiary alicyclic amines) is 1. The molecule has 21 heavy (non-hydrogen) atoms. The van der Waals surface area contributed by atoms with E-state index in [1.807, 2.05) is 24.3 Å². The zero-order valence-corrected chi connectivity index (χ0v) is 13.8. The Balaban J connectivity index is 2.17. The maximum absolute atomic E-state index is 11.5. The van der Waals surface area contributed by atoms with Crippen LogP contribution < -0.4 is 0 Å². The molecule has 2 unspecified atom stereocenters. The van der Waals surface area contributed by atoms with Gasteiger partial charge in [0.15, 0.2) is 0 Å². The number of hydrogen-bond acceptors (Lipinski definition) is 4. The van der Waals surface area contributed by atoms with Gasteiger partial charge in [-0.1, -0.05) is 28.1 Å². The highest BCUT2D eigenvalue weighted by atomic mass is 79.9. The summed E-state index contributed by atoms with van der Waals surface area (Å²) in [7, 11) is -3.57. The highest BCUT2D eigenvalue weighted by molar-refractivity contribution is 9.10. The van der Waals surface area contributed by atoms with Crippen molar-refractivity contribution in [1.82, 2.24) is 4.90 Å². The standard InChI is InChI=1S/C13H16BrNO5S/c1-21(18,19)20-8-11-6-7-12(15(11)13(16)17)9-2-4-10(14)5-3-9/h2-5,11-12H,6-8H2,1H3,(H,16,17). The molecule has 1 N–H and O–H groups in total. The quantitative estimate of drug-likeness (QED) is 0.815. The first-order valence-electron chi connectivity index (χ1n) is 6.39.